The first kappa shape index (κ1) is 17.6. The molecular formula is C19H14BrN3O3S. The van der Waals surface area contributed by atoms with Gasteiger partial charge < -0.3 is 10.5 Å². The van der Waals surface area contributed by atoms with E-state index in [0.717, 1.165) is 0 Å². The Kier molecular flexibility index (Phi) is 4.02. The maximum absolute atomic E-state index is 13.4. The molecular weight excluding hydrogens is 430 g/mol. The molecule has 2 aromatic rings. The molecule has 136 valence electrons. The minimum atomic E-state index is -3.93. The van der Waals surface area contributed by atoms with Crippen molar-refractivity contribution in [1.29, 1.82) is 5.26 Å². The van der Waals surface area contributed by atoms with Gasteiger partial charge in [-0.1, -0.05) is 46.3 Å². The lowest BCUT2D eigenvalue weighted by atomic mass is 9.88. The van der Waals surface area contributed by atoms with E-state index in [4.69, 9.17) is 10.5 Å². The number of allylic oxidation sites excluding steroid dienone is 2. The van der Waals surface area contributed by atoms with Gasteiger partial charge in [0, 0.05) is 17.1 Å². The minimum absolute atomic E-state index is 0.0151. The molecule has 0 unspecified atom stereocenters. The molecule has 2 heterocycles. The molecule has 4 rings (SSSR count). The molecule has 2 aliphatic rings. The highest BCUT2D eigenvalue weighted by atomic mass is 79.9. The predicted octanol–water partition coefficient (Wildman–Crippen LogP) is 3.41. The van der Waals surface area contributed by atoms with Crippen LogP contribution in [0.2, 0.25) is 0 Å². The normalized spacial score (nSPS) is 20.5. The van der Waals surface area contributed by atoms with Gasteiger partial charge in [-0.05, 0) is 23.8 Å². The highest BCUT2D eigenvalue weighted by Crippen LogP contribution is 2.51. The van der Waals surface area contributed by atoms with Crippen molar-refractivity contribution in [3.63, 3.8) is 0 Å². The Balaban J connectivity index is 2.11. The van der Waals surface area contributed by atoms with Crippen molar-refractivity contribution in [3.05, 3.63) is 80.5 Å². The zero-order valence-electron chi connectivity index (χ0n) is 14.2. The van der Waals surface area contributed by atoms with E-state index in [1.807, 2.05) is 12.1 Å². The third-order valence-corrected chi connectivity index (χ3v) is 7.33. The van der Waals surface area contributed by atoms with E-state index in [0.29, 0.717) is 21.3 Å². The number of hydrogen-bond acceptors (Lipinski definition) is 5. The van der Waals surface area contributed by atoms with E-state index in [1.165, 1.54) is 11.4 Å². The van der Waals surface area contributed by atoms with Crippen LogP contribution in [0.4, 0.5) is 5.69 Å². The van der Waals surface area contributed by atoms with Crippen molar-refractivity contribution >= 4 is 37.4 Å². The van der Waals surface area contributed by atoms with Crippen molar-refractivity contribution in [1.82, 2.24) is 0 Å². The molecule has 0 aromatic heterocycles. The minimum Gasteiger partial charge on any atom is -0.439 e. The molecule has 0 fully saturated rings. The summed E-state index contributed by atoms with van der Waals surface area (Å²) >= 11 is 3.46. The predicted molar refractivity (Wildman–Crippen MR) is 105 cm³/mol. The number of anilines is 1. The maximum atomic E-state index is 13.4. The van der Waals surface area contributed by atoms with Gasteiger partial charge in [0.15, 0.2) is 5.76 Å². The number of para-hydroxylation sites is 1. The summed E-state index contributed by atoms with van der Waals surface area (Å²) in [5, 5.41) is 9.69. The number of fused-ring (bicyclic) bond motifs is 2. The summed E-state index contributed by atoms with van der Waals surface area (Å²) in [6.45, 7) is 0. The number of sulfonamides is 1. The molecule has 0 aliphatic carbocycles. The molecule has 27 heavy (non-hydrogen) atoms. The molecule has 0 saturated heterocycles. The molecule has 8 heteroatoms. The van der Waals surface area contributed by atoms with Gasteiger partial charge in [-0.15, -0.1) is 0 Å². The monoisotopic (exact) mass is 443 g/mol. The van der Waals surface area contributed by atoms with Crippen molar-refractivity contribution < 1.29 is 13.2 Å². The number of benzene rings is 2. The van der Waals surface area contributed by atoms with Crippen LogP contribution in [0.15, 0.2) is 69.4 Å². The van der Waals surface area contributed by atoms with Crippen molar-refractivity contribution in [2.45, 2.75) is 5.92 Å². The van der Waals surface area contributed by atoms with E-state index in [9.17, 15) is 13.7 Å². The summed E-state index contributed by atoms with van der Waals surface area (Å²) in [7, 11) is -2.44. The summed E-state index contributed by atoms with van der Waals surface area (Å²) in [5.74, 6) is -0.789. The van der Waals surface area contributed by atoms with Crippen molar-refractivity contribution in [2.75, 3.05) is 11.4 Å². The zero-order chi connectivity index (χ0) is 19.3. The van der Waals surface area contributed by atoms with Crippen LogP contribution in [-0.4, -0.2) is 15.5 Å². The fourth-order valence-electron chi connectivity index (χ4n) is 3.42. The number of rotatable bonds is 1. The van der Waals surface area contributed by atoms with Crippen molar-refractivity contribution in [3.8, 4) is 6.07 Å². The molecule has 6 nitrogen and oxygen atoms in total. The van der Waals surface area contributed by atoms with Gasteiger partial charge in [0.2, 0.25) is 5.88 Å². The molecule has 2 aromatic carbocycles. The topological polar surface area (TPSA) is 96.4 Å². The van der Waals surface area contributed by atoms with Crippen LogP contribution < -0.4 is 10.0 Å². The van der Waals surface area contributed by atoms with Crippen LogP contribution >= 0.6 is 15.9 Å². The van der Waals surface area contributed by atoms with Crippen molar-refractivity contribution in [2.24, 2.45) is 5.73 Å². The lowest BCUT2D eigenvalue weighted by Crippen LogP contribution is -2.37. The lowest BCUT2D eigenvalue weighted by Gasteiger charge is -2.36. The average molecular weight is 444 g/mol. The maximum Gasteiger partial charge on any atom is 0.264 e. The molecule has 2 N–H and O–H groups in total. The van der Waals surface area contributed by atoms with E-state index < -0.39 is 15.9 Å². The summed E-state index contributed by atoms with van der Waals surface area (Å²) in [6, 6.07) is 16.2. The average Bonchev–Trinajstić information content (AvgIpc) is 2.66. The van der Waals surface area contributed by atoms with Gasteiger partial charge in [0.05, 0.1) is 11.6 Å². The zero-order valence-corrected chi connectivity index (χ0v) is 16.6. The quantitative estimate of drug-likeness (QED) is 0.728. The second-order valence-corrected chi connectivity index (χ2v) is 8.92. The third-order valence-electron chi connectivity index (χ3n) is 4.72. The summed E-state index contributed by atoms with van der Waals surface area (Å²) < 4.78 is 34.3. The third kappa shape index (κ3) is 2.46. The van der Waals surface area contributed by atoms with Crippen LogP contribution in [0.1, 0.15) is 17.0 Å². The second kappa shape index (κ2) is 6.15. The molecule has 0 amide bonds. The van der Waals surface area contributed by atoms with Crippen LogP contribution in [0.5, 0.6) is 0 Å². The van der Waals surface area contributed by atoms with Gasteiger partial charge >= 0.3 is 0 Å². The van der Waals surface area contributed by atoms with E-state index in [1.54, 1.807) is 42.5 Å². The molecule has 1 atom stereocenters. The van der Waals surface area contributed by atoms with Crippen LogP contribution in [0.3, 0.4) is 0 Å². The van der Waals surface area contributed by atoms with E-state index >= 15 is 0 Å². The summed E-state index contributed by atoms with van der Waals surface area (Å²) in [5.41, 5.74) is 7.84. The Hall–Kier alpha value is -2.76. The Labute approximate surface area is 165 Å². The van der Waals surface area contributed by atoms with Crippen LogP contribution in [-0.2, 0) is 14.8 Å². The number of nitriles is 1. The fraction of sp³-hybridized carbons (Fsp3) is 0.105. The molecule has 2 aliphatic heterocycles. The lowest BCUT2D eigenvalue weighted by molar-refractivity contribution is 0.357. The summed E-state index contributed by atoms with van der Waals surface area (Å²) in [4.78, 5) is 0.0151. The van der Waals surface area contributed by atoms with E-state index in [2.05, 4.69) is 15.9 Å². The fourth-order valence-corrected chi connectivity index (χ4v) is 5.57. The number of nitrogens with two attached hydrogens (primary N) is 1. The molecule has 0 saturated carbocycles. The molecule has 0 spiro atoms. The summed E-state index contributed by atoms with van der Waals surface area (Å²) in [6.07, 6.45) is 0. The largest absolute Gasteiger partial charge is 0.439 e. The Morgan fingerprint density at radius 2 is 1.85 bits per heavy atom. The van der Waals surface area contributed by atoms with Gasteiger partial charge in [-0.2, -0.15) is 5.26 Å². The highest BCUT2D eigenvalue weighted by molar-refractivity contribution is 9.10. The standard InChI is InChI=1S/C19H14BrN3O3S/c1-23-15-9-5-3-7-12(15)17-18(27(23,24)25)16(13(10-21)19(22)26-17)11-6-2-4-8-14(11)20/h2-9,16H,22H2,1H3/t16-/m1/s1. The first-order valence-corrected chi connectivity index (χ1v) is 10.3. The van der Waals surface area contributed by atoms with Crippen LogP contribution in [0.25, 0.3) is 5.76 Å². The Bertz CT molecular complexity index is 1180. The smallest absolute Gasteiger partial charge is 0.264 e. The van der Waals surface area contributed by atoms with Crippen LogP contribution in [0, 0.1) is 11.3 Å². The van der Waals surface area contributed by atoms with Gasteiger partial charge in [-0.3, -0.25) is 4.31 Å². The van der Waals surface area contributed by atoms with Gasteiger partial charge in [0.1, 0.15) is 16.5 Å². The SMILES string of the molecule is CN1c2ccccc2C2=C([C@H](c3ccccc3Br)C(C#N)=C(N)O2)S1(=O)=O. The number of ether oxygens (including phenoxy) is 1. The first-order valence-electron chi connectivity index (χ1n) is 8.02. The number of nitrogens with zero attached hydrogens (tertiary/aromatic N) is 2. The van der Waals surface area contributed by atoms with E-state index in [-0.39, 0.29) is 22.1 Å². The Morgan fingerprint density at radius 1 is 1.19 bits per heavy atom. The second-order valence-electron chi connectivity index (χ2n) is 6.13. The highest BCUT2D eigenvalue weighted by Gasteiger charge is 2.46. The van der Waals surface area contributed by atoms with Gasteiger partial charge in [0.25, 0.3) is 10.0 Å². The number of halogens is 1. The van der Waals surface area contributed by atoms with Gasteiger partial charge in [-0.25, -0.2) is 8.42 Å². The molecule has 0 bridgehead atoms. The first-order chi connectivity index (χ1) is 12.9. The molecule has 0 radical (unpaired) electrons. The Morgan fingerprint density at radius 3 is 2.56 bits per heavy atom. The number of hydrogen-bond donors (Lipinski definition) is 1.